The van der Waals surface area contributed by atoms with E-state index in [1.165, 1.54) is 0 Å². The van der Waals surface area contributed by atoms with E-state index in [1.54, 1.807) is 7.11 Å². The minimum Gasteiger partial charge on any atom is -0.492 e. The maximum absolute atomic E-state index is 11.5. The van der Waals surface area contributed by atoms with E-state index in [0.29, 0.717) is 23.7 Å². The highest BCUT2D eigenvalue weighted by molar-refractivity contribution is 5.61. The summed E-state index contributed by atoms with van der Waals surface area (Å²) in [6.45, 7) is 2.87. The molecule has 3 rings (SSSR count). The molecule has 7 nitrogen and oxygen atoms in total. The van der Waals surface area contributed by atoms with E-state index in [4.69, 9.17) is 14.2 Å². The van der Waals surface area contributed by atoms with Crippen LogP contribution in [0.2, 0.25) is 0 Å². The fourth-order valence-corrected chi connectivity index (χ4v) is 3.59. The van der Waals surface area contributed by atoms with Crippen molar-refractivity contribution in [2.45, 2.75) is 31.8 Å². The minimum atomic E-state index is -0.645. The molecule has 1 unspecified atom stereocenters. The molecule has 0 radical (unpaired) electrons. The highest BCUT2D eigenvalue weighted by Crippen LogP contribution is 2.48. The van der Waals surface area contributed by atoms with Crippen molar-refractivity contribution < 1.29 is 24.0 Å². The highest BCUT2D eigenvalue weighted by atomic mass is 16.7. The maximum Gasteiger partial charge on any atom is 0.267 e. The summed E-state index contributed by atoms with van der Waals surface area (Å²) in [7, 11) is 3.58. The number of hydrogen-bond donors (Lipinski definition) is 1. The number of rotatable bonds is 4. The Kier molecular flexibility index (Phi) is 3.82. The third-order valence-corrected chi connectivity index (χ3v) is 4.65. The summed E-state index contributed by atoms with van der Waals surface area (Å²) >= 11 is 0. The van der Waals surface area contributed by atoms with Crippen molar-refractivity contribution in [3.05, 3.63) is 27.3 Å². The molecule has 0 bridgehead atoms. The lowest BCUT2D eigenvalue weighted by Crippen LogP contribution is -3.11. The van der Waals surface area contributed by atoms with Crippen LogP contribution in [-0.4, -0.2) is 38.5 Å². The number of benzene rings is 1. The molecule has 120 valence electrons. The smallest absolute Gasteiger partial charge is 0.267 e. The van der Waals surface area contributed by atoms with Gasteiger partial charge in [-0.05, 0) is 11.6 Å². The molecule has 1 aromatic carbocycles. The van der Waals surface area contributed by atoms with Gasteiger partial charge >= 0.3 is 0 Å². The van der Waals surface area contributed by atoms with Gasteiger partial charge in [0.1, 0.15) is 0 Å². The molecule has 0 spiro atoms. The van der Waals surface area contributed by atoms with E-state index in [9.17, 15) is 10.1 Å². The predicted octanol–water partition coefficient (Wildman–Crippen LogP) is 0.591. The Hall–Kier alpha value is -2.02. The molecule has 1 N–H and O–H groups in total. The van der Waals surface area contributed by atoms with Crippen molar-refractivity contribution in [1.82, 2.24) is 0 Å². The third kappa shape index (κ3) is 2.16. The van der Waals surface area contributed by atoms with Crippen LogP contribution in [0.5, 0.6) is 17.2 Å². The Bertz CT molecular complexity index is 604. The number of methoxy groups -OCH3 is 1. The largest absolute Gasteiger partial charge is 0.492 e. The summed E-state index contributed by atoms with van der Waals surface area (Å²) in [6.07, 6.45) is 1.32. The number of ether oxygens (including phenoxy) is 3. The van der Waals surface area contributed by atoms with Gasteiger partial charge in [-0.15, -0.1) is 0 Å². The molecule has 0 fully saturated rings. The lowest BCUT2D eigenvalue weighted by Gasteiger charge is -2.33. The van der Waals surface area contributed by atoms with Gasteiger partial charge in [0.15, 0.2) is 17.5 Å². The van der Waals surface area contributed by atoms with Gasteiger partial charge in [0, 0.05) is 17.8 Å². The Morgan fingerprint density at radius 2 is 2.32 bits per heavy atom. The van der Waals surface area contributed by atoms with Gasteiger partial charge in [-0.1, -0.05) is 6.92 Å². The maximum atomic E-state index is 11.5. The van der Waals surface area contributed by atoms with Crippen molar-refractivity contribution in [2.75, 3.05) is 27.5 Å². The monoisotopic (exact) mass is 309 g/mol. The van der Waals surface area contributed by atoms with Crippen LogP contribution in [0, 0.1) is 10.1 Å². The zero-order valence-corrected chi connectivity index (χ0v) is 13.0. The number of hydrogen-bond acceptors (Lipinski definition) is 5. The van der Waals surface area contributed by atoms with Crippen LogP contribution in [0.25, 0.3) is 0 Å². The lowest BCUT2D eigenvalue weighted by molar-refractivity contribution is -0.928. The van der Waals surface area contributed by atoms with Crippen molar-refractivity contribution in [2.24, 2.45) is 0 Å². The van der Waals surface area contributed by atoms with Gasteiger partial charge in [-0.3, -0.25) is 10.1 Å². The number of nitrogens with zero attached hydrogens (tertiary/aromatic N) is 1. The lowest BCUT2D eigenvalue weighted by atomic mass is 9.86. The number of nitrogens with one attached hydrogen (secondary N) is 1. The molecule has 0 aromatic heterocycles. The van der Waals surface area contributed by atoms with Gasteiger partial charge in [0.05, 0.1) is 26.3 Å². The molecule has 2 aliphatic heterocycles. The van der Waals surface area contributed by atoms with E-state index in [0.717, 1.165) is 29.0 Å². The molecule has 2 aliphatic rings. The molecule has 0 saturated carbocycles. The van der Waals surface area contributed by atoms with Crippen molar-refractivity contribution in [3.8, 4) is 17.2 Å². The molecule has 1 aromatic rings. The van der Waals surface area contributed by atoms with Crippen LogP contribution < -0.4 is 19.1 Å². The molecule has 0 amide bonds. The summed E-state index contributed by atoms with van der Waals surface area (Å²) in [4.78, 5) is 12.5. The summed E-state index contributed by atoms with van der Waals surface area (Å²) in [5.74, 6) is 1.83. The first-order chi connectivity index (χ1) is 10.6. The zero-order chi connectivity index (χ0) is 15.9. The summed E-state index contributed by atoms with van der Waals surface area (Å²) in [5, 5.41) is 11.5. The zero-order valence-electron chi connectivity index (χ0n) is 13.0. The molecule has 2 heterocycles. The first kappa shape index (κ1) is 14.9. The van der Waals surface area contributed by atoms with Gasteiger partial charge < -0.3 is 19.1 Å². The van der Waals surface area contributed by atoms with Gasteiger partial charge in [-0.25, -0.2) is 0 Å². The van der Waals surface area contributed by atoms with Crippen LogP contribution in [0.15, 0.2) is 6.07 Å². The van der Waals surface area contributed by atoms with E-state index < -0.39 is 6.04 Å². The van der Waals surface area contributed by atoms with E-state index in [-0.39, 0.29) is 17.8 Å². The van der Waals surface area contributed by atoms with E-state index in [1.807, 2.05) is 20.0 Å². The van der Waals surface area contributed by atoms with Crippen molar-refractivity contribution >= 4 is 0 Å². The third-order valence-electron chi connectivity index (χ3n) is 4.65. The Morgan fingerprint density at radius 3 is 2.95 bits per heavy atom. The predicted molar refractivity (Wildman–Crippen MR) is 78.4 cm³/mol. The summed E-state index contributed by atoms with van der Waals surface area (Å²) in [6, 6.07) is 1.06. The minimum absolute atomic E-state index is 0.161. The van der Waals surface area contributed by atoms with Gasteiger partial charge in [0.2, 0.25) is 12.5 Å². The number of nitro groups is 1. The Balaban J connectivity index is 2.18. The first-order valence-corrected chi connectivity index (χ1v) is 7.53. The standard InChI is InChI=1S/C15H20N2O5/c1-4-10(17(18)19)13-12-9(5-6-16(13)2)7-11-14(15(12)20-3)22-8-21-11/h7,10,13H,4-6,8H2,1-3H3/p+1/t10-,13-/m0/s1. The number of quaternary nitrogens is 1. The Morgan fingerprint density at radius 1 is 1.55 bits per heavy atom. The summed E-state index contributed by atoms with van der Waals surface area (Å²) < 4.78 is 16.5. The second-order valence-electron chi connectivity index (χ2n) is 5.80. The fraction of sp³-hybridized carbons (Fsp3) is 0.600. The average molecular weight is 309 g/mol. The van der Waals surface area contributed by atoms with Crippen LogP contribution in [0.4, 0.5) is 0 Å². The highest BCUT2D eigenvalue weighted by Gasteiger charge is 2.45. The average Bonchev–Trinajstić information content (AvgIpc) is 2.95. The quantitative estimate of drug-likeness (QED) is 0.651. The van der Waals surface area contributed by atoms with Crippen LogP contribution in [0.1, 0.15) is 30.5 Å². The number of likely N-dealkylation sites (N-methyl/N-ethyl adjacent to an activating group) is 1. The SMILES string of the molecule is CC[C@@H]([C@H]1c2c(cc3c(c2OC)OCO3)CC[NH+]1C)[N+](=O)[O-]. The van der Waals surface area contributed by atoms with Crippen molar-refractivity contribution in [1.29, 1.82) is 0 Å². The van der Waals surface area contributed by atoms with E-state index in [2.05, 4.69) is 0 Å². The fourth-order valence-electron chi connectivity index (χ4n) is 3.59. The van der Waals surface area contributed by atoms with Crippen LogP contribution in [-0.2, 0) is 6.42 Å². The second-order valence-corrected chi connectivity index (χ2v) is 5.80. The molecule has 7 heteroatoms. The molecule has 0 saturated heterocycles. The number of fused-ring (bicyclic) bond motifs is 2. The topological polar surface area (TPSA) is 75.3 Å². The molecular weight excluding hydrogens is 288 g/mol. The normalized spacial score (nSPS) is 23.8. The Labute approximate surface area is 128 Å². The van der Waals surface area contributed by atoms with Crippen molar-refractivity contribution in [3.63, 3.8) is 0 Å². The van der Waals surface area contributed by atoms with Crippen LogP contribution in [0.3, 0.4) is 0 Å². The molecule has 0 aliphatic carbocycles. The van der Waals surface area contributed by atoms with Gasteiger partial charge in [-0.2, -0.15) is 0 Å². The molecule has 3 atom stereocenters. The molecule has 22 heavy (non-hydrogen) atoms. The second kappa shape index (κ2) is 5.64. The van der Waals surface area contributed by atoms with Gasteiger partial charge in [0.25, 0.3) is 6.04 Å². The van der Waals surface area contributed by atoms with E-state index >= 15 is 0 Å². The van der Waals surface area contributed by atoms with Crippen LogP contribution >= 0.6 is 0 Å². The molecular formula is C15H21N2O5+. The first-order valence-electron chi connectivity index (χ1n) is 7.53. The summed E-state index contributed by atoms with van der Waals surface area (Å²) in [5.41, 5.74) is 1.97.